The third kappa shape index (κ3) is 4.07. The minimum atomic E-state index is 0.366. The molecule has 2 nitrogen and oxygen atoms in total. The van der Waals surface area contributed by atoms with Crippen LogP contribution in [0.3, 0.4) is 0 Å². The Labute approximate surface area is 77.1 Å². The van der Waals surface area contributed by atoms with Gasteiger partial charge in [0.1, 0.15) is 0 Å². The average Bonchev–Trinajstić information content (AvgIpc) is 2.12. The van der Waals surface area contributed by atoms with Crippen LogP contribution < -0.4 is 5.73 Å². The van der Waals surface area contributed by atoms with Crippen molar-refractivity contribution in [2.75, 3.05) is 19.6 Å². The third-order valence-electron chi connectivity index (χ3n) is 2.64. The highest BCUT2D eigenvalue weighted by Crippen LogP contribution is 2.06. The number of hydrogen-bond acceptors (Lipinski definition) is 2. The molecule has 0 radical (unpaired) electrons. The first-order chi connectivity index (χ1) is 5.65. The van der Waals surface area contributed by atoms with Crippen LogP contribution in [0.25, 0.3) is 0 Å². The minimum absolute atomic E-state index is 0.366. The van der Waals surface area contributed by atoms with E-state index in [9.17, 15) is 0 Å². The highest BCUT2D eigenvalue weighted by atomic mass is 15.1. The molecule has 0 aliphatic rings. The van der Waals surface area contributed by atoms with Gasteiger partial charge in [-0.2, -0.15) is 0 Å². The van der Waals surface area contributed by atoms with Crippen LogP contribution in [-0.2, 0) is 0 Å². The van der Waals surface area contributed by atoms with Crippen molar-refractivity contribution in [3.63, 3.8) is 0 Å². The molecule has 2 N–H and O–H groups in total. The van der Waals surface area contributed by atoms with Crippen molar-refractivity contribution in [3.05, 3.63) is 0 Å². The van der Waals surface area contributed by atoms with Gasteiger partial charge in [0.15, 0.2) is 0 Å². The van der Waals surface area contributed by atoms with Crippen LogP contribution in [0.4, 0.5) is 0 Å². The van der Waals surface area contributed by atoms with Crippen LogP contribution in [0.5, 0.6) is 0 Å². The fourth-order valence-corrected chi connectivity index (χ4v) is 1.43. The lowest BCUT2D eigenvalue weighted by molar-refractivity contribution is 0.240. The van der Waals surface area contributed by atoms with E-state index in [0.29, 0.717) is 12.0 Å². The Morgan fingerprint density at radius 2 is 1.67 bits per heavy atom. The number of nitrogens with two attached hydrogens (primary N) is 1. The van der Waals surface area contributed by atoms with Crippen molar-refractivity contribution in [3.8, 4) is 0 Å². The molecule has 0 aromatic heterocycles. The summed E-state index contributed by atoms with van der Waals surface area (Å²) in [5.41, 5.74) is 5.95. The molecule has 0 rings (SSSR count). The summed E-state index contributed by atoms with van der Waals surface area (Å²) in [6.07, 6.45) is 1.09. The molecule has 2 atom stereocenters. The Bertz CT molecular complexity index is 100. The zero-order chi connectivity index (χ0) is 9.56. The maximum absolute atomic E-state index is 5.95. The van der Waals surface area contributed by atoms with Gasteiger partial charge in [0.25, 0.3) is 0 Å². The van der Waals surface area contributed by atoms with Gasteiger partial charge in [-0.1, -0.05) is 27.7 Å². The fraction of sp³-hybridized carbons (Fsp3) is 1.00. The van der Waals surface area contributed by atoms with Crippen LogP contribution >= 0.6 is 0 Å². The van der Waals surface area contributed by atoms with Gasteiger partial charge in [-0.25, -0.2) is 0 Å². The normalized spacial score (nSPS) is 16.5. The van der Waals surface area contributed by atoms with Gasteiger partial charge in [-0.05, 0) is 25.4 Å². The van der Waals surface area contributed by atoms with Crippen LogP contribution in [-0.4, -0.2) is 30.6 Å². The van der Waals surface area contributed by atoms with Gasteiger partial charge in [-0.3, -0.25) is 0 Å². The lowest BCUT2D eigenvalue weighted by Crippen LogP contribution is -2.37. The molecule has 0 aromatic carbocycles. The Hall–Kier alpha value is -0.0800. The zero-order valence-electron chi connectivity index (χ0n) is 9.01. The summed E-state index contributed by atoms with van der Waals surface area (Å²) >= 11 is 0. The molecule has 74 valence electrons. The Morgan fingerprint density at radius 3 is 2.00 bits per heavy atom. The maximum Gasteiger partial charge on any atom is 0.00741 e. The van der Waals surface area contributed by atoms with Gasteiger partial charge >= 0.3 is 0 Å². The fourth-order valence-electron chi connectivity index (χ4n) is 1.43. The summed E-state index contributed by atoms with van der Waals surface area (Å²) in [7, 11) is 0. The van der Waals surface area contributed by atoms with E-state index in [2.05, 4.69) is 32.6 Å². The smallest absolute Gasteiger partial charge is 0.00741 e. The van der Waals surface area contributed by atoms with Crippen LogP contribution in [0.1, 0.15) is 34.1 Å². The average molecular weight is 172 g/mol. The molecule has 0 saturated heterocycles. The first-order valence-electron chi connectivity index (χ1n) is 5.13. The predicted molar refractivity (Wildman–Crippen MR) is 55.2 cm³/mol. The van der Waals surface area contributed by atoms with Crippen LogP contribution in [0, 0.1) is 5.92 Å². The molecule has 2 heteroatoms. The van der Waals surface area contributed by atoms with Gasteiger partial charge in [0.2, 0.25) is 0 Å². The molecular formula is C10H24N2. The Kier molecular flexibility index (Phi) is 6.39. The van der Waals surface area contributed by atoms with Crippen LogP contribution in [0.2, 0.25) is 0 Å². The van der Waals surface area contributed by atoms with Crippen molar-refractivity contribution < 1.29 is 0 Å². The summed E-state index contributed by atoms with van der Waals surface area (Å²) in [4.78, 5) is 2.43. The summed E-state index contributed by atoms with van der Waals surface area (Å²) in [6, 6.07) is 0.366. The molecule has 12 heavy (non-hydrogen) atoms. The van der Waals surface area contributed by atoms with E-state index in [1.165, 1.54) is 0 Å². The van der Waals surface area contributed by atoms with E-state index in [0.717, 1.165) is 26.1 Å². The van der Waals surface area contributed by atoms with Gasteiger partial charge in [0.05, 0.1) is 0 Å². The maximum atomic E-state index is 5.95. The SMILES string of the molecule is CCC(N)C(C)CN(CC)CC. The monoisotopic (exact) mass is 172 g/mol. The molecule has 0 aromatic rings. The summed E-state index contributed by atoms with van der Waals surface area (Å²) in [6.45, 7) is 12.2. The number of rotatable bonds is 6. The summed E-state index contributed by atoms with van der Waals surface area (Å²) in [5, 5.41) is 0. The molecule has 0 fully saturated rings. The summed E-state index contributed by atoms with van der Waals surface area (Å²) in [5.74, 6) is 0.620. The molecule has 0 saturated carbocycles. The van der Waals surface area contributed by atoms with Gasteiger partial charge in [0, 0.05) is 12.6 Å². The Morgan fingerprint density at radius 1 is 1.17 bits per heavy atom. The van der Waals surface area contributed by atoms with Crippen molar-refractivity contribution >= 4 is 0 Å². The van der Waals surface area contributed by atoms with Crippen LogP contribution in [0.15, 0.2) is 0 Å². The van der Waals surface area contributed by atoms with E-state index in [1.54, 1.807) is 0 Å². The number of hydrogen-bond donors (Lipinski definition) is 1. The molecule has 0 heterocycles. The lowest BCUT2D eigenvalue weighted by Gasteiger charge is -2.26. The molecule has 0 aliphatic carbocycles. The minimum Gasteiger partial charge on any atom is -0.327 e. The van der Waals surface area contributed by atoms with Crippen molar-refractivity contribution in [2.45, 2.75) is 40.2 Å². The van der Waals surface area contributed by atoms with Gasteiger partial charge < -0.3 is 10.6 Å². The Balaban J connectivity index is 3.72. The largest absolute Gasteiger partial charge is 0.327 e. The number of nitrogens with zero attached hydrogens (tertiary/aromatic N) is 1. The molecule has 0 aliphatic heterocycles. The molecular weight excluding hydrogens is 148 g/mol. The van der Waals surface area contributed by atoms with Crippen molar-refractivity contribution in [1.82, 2.24) is 4.90 Å². The molecule has 0 bridgehead atoms. The van der Waals surface area contributed by atoms with E-state index >= 15 is 0 Å². The standard InChI is InChI=1S/C10H24N2/c1-5-10(11)9(4)8-12(6-2)7-3/h9-10H,5-8,11H2,1-4H3. The first-order valence-corrected chi connectivity index (χ1v) is 5.13. The molecule has 2 unspecified atom stereocenters. The second-order valence-corrected chi connectivity index (χ2v) is 3.54. The van der Waals surface area contributed by atoms with E-state index in [-0.39, 0.29) is 0 Å². The van der Waals surface area contributed by atoms with E-state index < -0.39 is 0 Å². The predicted octanol–water partition coefficient (Wildman–Crippen LogP) is 1.70. The third-order valence-corrected chi connectivity index (χ3v) is 2.64. The summed E-state index contributed by atoms with van der Waals surface area (Å²) < 4.78 is 0. The van der Waals surface area contributed by atoms with E-state index in [4.69, 9.17) is 5.73 Å². The topological polar surface area (TPSA) is 29.3 Å². The lowest BCUT2D eigenvalue weighted by atomic mass is 10.00. The van der Waals surface area contributed by atoms with Crippen molar-refractivity contribution in [1.29, 1.82) is 0 Å². The molecule has 0 spiro atoms. The second-order valence-electron chi connectivity index (χ2n) is 3.54. The zero-order valence-corrected chi connectivity index (χ0v) is 9.01. The van der Waals surface area contributed by atoms with Crippen molar-refractivity contribution in [2.24, 2.45) is 11.7 Å². The van der Waals surface area contributed by atoms with Gasteiger partial charge in [-0.15, -0.1) is 0 Å². The molecule has 0 amide bonds. The quantitative estimate of drug-likeness (QED) is 0.661. The highest BCUT2D eigenvalue weighted by molar-refractivity contribution is 4.70. The first kappa shape index (κ1) is 11.9. The highest BCUT2D eigenvalue weighted by Gasteiger charge is 2.12. The second kappa shape index (κ2) is 6.44. The van der Waals surface area contributed by atoms with E-state index in [1.807, 2.05) is 0 Å².